The fraction of sp³-hybridized carbons (Fsp3) is 0.154. The number of hydrogen-bond acceptors (Lipinski definition) is 3. The number of rotatable bonds is 1. The molecule has 1 aliphatic heterocycles. The molecule has 1 aromatic carbocycles. The number of ether oxygens (including phenoxy) is 1. The molecule has 0 amide bonds. The summed E-state index contributed by atoms with van der Waals surface area (Å²) in [5, 5.41) is 0. The van der Waals surface area contributed by atoms with Crippen LogP contribution in [0.15, 0.2) is 28.7 Å². The highest BCUT2D eigenvalue weighted by atomic mass is 79.9. The molecule has 0 spiro atoms. The van der Waals surface area contributed by atoms with Crippen molar-refractivity contribution in [3.63, 3.8) is 0 Å². The predicted molar refractivity (Wildman–Crippen MR) is 72.0 cm³/mol. The minimum Gasteiger partial charge on any atom is -0.493 e. The van der Waals surface area contributed by atoms with Crippen molar-refractivity contribution < 1.29 is 9.53 Å². The highest BCUT2D eigenvalue weighted by Gasteiger charge is 2.18. The smallest absolute Gasteiger partial charge is 0.160 e. The Morgan fingerprint density at radius 2 is 2.24 bits per heavy atom. The maximum atomic E-state index is 10.8. The number of hydrogen-bond donors (Lipinski definition) is 0. The van der Waals surface area contributed by atoms with Gasteiger partial charge in [0.2, 0.25) is 0 Å². The van der Waals surface area contributed by atoms with E-state index in [2.05, 4.69) is 15.9 Å². The summed E-state index contributed by atoms with van der Waals surface area (Å²) < 4.78 is 6.74. The molecule has 0 fully saturated rings. The van der Waals surface area contributed by atoms with Crippen molar-refractivity contribution in [1.29, 1.82) is 0 Å². The lowest BCUT2D eigenvalue weighted by molar-refractivity contribution is 0.112. The Balaban J connectivity index is 2.22. The standard InChI is InChI=1S/C13H9BrO2S/c14-9-1-2-11-12(6-9)16-4-3-8-5-10(7-15)17-13(8)11/h1-2,5-7H,3-4H2. The third-order valence-electron chi connectivity index (χ3n) is 2.76. The summed E-state index contributed by atoms with van der Waals surface area (Å²) in [5.41, 5.74) is 2.29. The number of carbonyl (C=O) groups is 1. The third kappa shape index (κ3) is 1.91. The zero-order valence-electron chi connectivity index (χ0n) is 8.90. The number of fused-ring (bicyclic) bond motifs is 3. The van der Waals surface area contributed by atoms with E-state index in [1.165, 1.54) is 16.9 Å². The maximum Gasteiger partial charge on any atom is 0.160 e. The Hall–Kier alpha value is -1.13. The quantitative estimate of drug-likeness (QED) is 0.746. The van der Waals surface area contributed by atoms with Crippen LogP contribution in [-0.2, 0) is 6.42 Å². The van der Waals surface area contributed by atoms with Crippen LogP contribution < -0.4 is 4.74 Å². The Kier molecular flexibility index (Phi) is 2.76. The van der Waals surface area contributed by atoms with Crippen molar-refractivity contribution in [3.05, 3.63) is 39.2 Å². The monoisotopic (exact) mass is 308 g/mol. The van der Waals surface area contributed by atoms with Crippen LogP contribution in [0.1, 0.15) is 15.2 Å². The van der Waals surface area contributed by atoms with E-state index in [4.69, 9.17) is 4.74 Å². The Bertz CT molecular complexity index is 589. The van der Waals surface area contributed by atoms with Gasteiger partial charge in [-0.2, -0.15) is 0 Å². The highest BCUT2D eigenvalue weighted by Crippen LogP contribution is 2.41. The largest absolute Gasteiger partial charge is 0.493 e. The SMILES string of the molecule is O=Cc1cc2c(s1)-c1ccc(Br)cc1OCC2. The van der Waals surface area contributed by atoms with Crippen LogP contribution in [-0.4, -0.2) is 12.9 Å². The van der Waals surface area contributed by atoms with Crippen LogP contribution in [0, 0.1) is 0 Å². The van der Waals surface area contributed by atoms with E-state index in [1.54, 1.807) is 0 Å². The molecule has 0 radical (unpaired) electrons. The van der Waals surface area contributed by atoms with Gasteiger partial charge in [-0.1, -0.05) is 15.9 Å². The fourth-order valence-electron chi connectivity index (χ4n) is 2.00. The Labute approximate surface area is 111 Å². The number of benzene rings is 1. The van der Waals surface area contributed by atoms with Gasteiger partial charge < -0.3 is 4.74 Å². The van der Waals surface area contributed by atoms with E-state index >= 15 is 0 Å². The Morgan fingerprint density at radius 1 is 1.35 bits per heavy atom. The highest BCUT2D eigenvalue weighted by molar-refractivity contribution is 9.10. The van der Waals surface area contributed by atoms with Gasteiger partial charge in [-0.3, -0.25) is 4.79 Å². The topological polar surface area (TPSA) is 26.3 Å². The van der Waals surface area contributed by atoms with Crippen molar-refractivity contribution in [2.24, 2.45) is 0 Å². The first-order chi connectivity index (χ1) is 8.28. The van der Waals surface area contributed by atoms with Crippen LogP contribution in [0.3, 0.4) is 0 Å². The average molecular weight is 309 g/mol. The van der Waals surface area contributed by atoms with Crippen LogP contribution in [0.25, 0.3) is 10.4 Å². The van der Waals surface area contributed by atoms with Gasteiger partial charge in [0.1, 0.15) is 5.75 Å². The molecule has 2 nitrogen and oxygen atoms in total. The lowest BCUT2D eigenvalue weighted by Gasteiger charge is -2.06. The van der Waals surface area contributed by atoms with Crippen LogP contribution in [0.2, 0.25) is 0 Å². The molecule has 0 aliphatic carbocycles. The van der Waals surface area contributed by atoms with Gasteiger partial charge in [0.15, 0.2) is 6.29 Å². The number of halogens is 1. The Morgan fingerprint density at radius 3 is 3.06 bits per heavy atom. The zero-order chi connectivity index (χ0) is 11.8. The second-order valence-corrected chi connectivity index (χ2v) is 5.86. The predicted octanol–water partition coefficient (Wildman–Crippen LogP) is 3.93. The van der Waals surface area contributed by atoms with Crippen LogP contribution >= 0.6 is 27.3 Å². The van der Waals surface area contributed by atoms with E-state index in [9.17, 15) is 4.79 Å². The molecular weight excluding hydrogens is 300 g/mol. The molecule has 17 heavy (non-hydrogen) atoms. The van der Waals surface area contributed by atoms with E-state index in [0.29, 0.717) is 6.61 Å². The van der Waals surface area contributed by atoms with Crippen molar-refractivity contribution in [3.8, 4) is 16.2 Å². The summed E-state index contributed by atoms with van der Waals surface area (Å²) in [6, 6.07) is 7.98. The first-order valence-electron chi connectivity index (χ1n) is 5.28. The summed E-state index contributed by atoms with van der Waals surface area (Å²) in [6.45, 7) is 0.658. The molecule has 0 atom stereocenters. The molecule has 0 unspecified atom stereocenters. The van der Waals surface area contributed by atoms with Crippen LogP contribution in [0.5, 0.6) is 5.75 Å². The maximum absolute atomic E-state index is 10.8. The van der Waals surface area contributed by atoms with Gasteiger partial charge in [0, 0.05) is 21.3 Å². The molecule has 4 heteroatoms. The minimum absolute atomic E-state index is 0.658. The normalized spacial score (nSPS) is 13.2. The van der Waals surface area contributed by atoms with Crippen molar-refractivity contribution in [2.45, 2.75) is 6.42 Å². The lowest BCUT2D eigenvalue weighted by atomic mass is 10.1. The summed E-state index contributed by atoms with van der Waals surface area (Å²) in [4.78, 5) is 12.8. The second-order valence-electron chi connectivity index (χ2n) is 3.86. The van der Waals surface area contributed by atoms with Gasteiger partial charge in [0.05, 0.1) is 11.5 Å². The van der Waals surface area contributed by atoms with Crippen molar-refractivity contribution in [1.82, 2.24) is 0 Å². The molecule has 2 aromatic rings. The van der Waals surface area contributed by atoms with Gasteiger partial charge in [0.25, 0.3) is 0 Å². The summed E-state index contributed by atoms with van der Waals surface area (Å²) in [5.74, 6) is 0.887. The van der Waals surface area contributed by atoms with Gasteiger partial charge in [-0.25, -0.2) is 0 Å². The molecule has 0 saturated heterocycles. The second kappa shape index (κ2) is 4.27. The lowest BCUT2D eigenvalue weighted by Crippen LogP contribution is -1.98. The van der Waals surface area contributed by atoms with Crippen molar-refractivity contribution in [2.75, 3.05) is 6.61 Å². The van der Waals surface area contributed by atoms with Crippen molar-refractivity contribution >= 4 is 33.6 Å². The summed E-state index contributed by atoms with van der Waals surface area (Å²) in [7, 11) is 0. The summed E-state index contributed by atoms with van der Waals surface area (Å²) in [6.07, 6.45) is 1.77. The number of aldehydes is 1. The molecular formula is C13H9BrO2S. The first-order valence-corrected chi connectivity index (χ1v) is 6.89. The van der Waals surface area contributed by atoms with Gasteiger partial charge >= 0.3 is 0 Å². The third-order valence-corrected chi connectivity index (χ3v) is 4.39. The molecule has 1 aliphatic rings. The zero-order valence-corrected chi connectivity index (χ0v) is 11.3. The average Bonchev–Trinajstić information content (AvgIpc) is 2.66. The van der Waals surface area contributed by atoms with E-state index in [1.807, 2.05) is 24.3 Å². The van der Waals surface area contributed by atoms with E-state index < -0.39 is 0 Å². The fourth-order valence-corrected chi connectivity index (χ4v) is 3.39. The number of thiophene rings is 1. The number of carbonyl (C=O) groups excluding carboxylic acids is 1. The molecule has 3 rings (SSSR count). The molecule has 0 bridgehead atoms. The molecule has 1 aromatic heterocycles. The molecule has 2 heterocycles. The van der Waals surface area contributed by atoms with Gasteiger partial charge in [-0.15, -0.1) is 11.3 Å². The summed E-state index contributed by atoms with van der Waals surface area (Å²) >= 11 is 4.98. The van der Waals surface area contributed by atoms with Crippen LogP contribution in [0.4, 0.5) is 0 Å². The van der Waals surface area contributed by atoms with E-state index in [0.717, 1.165) is 38.2 Å². The van der Waals surface area contributed by atoms with Gasteiger partial charge in [-0.05, 0) is 29.8 Å². The molecule has 0 saturated carbocycles. The molecule has 0 N–H and O–H groups in total. The molecule has 86 valence electrons. The minimum atomic E-state index is 0.658. The van der Waals surface area contributed by atoms with E-state index in [-0.39, 0.29) is 0 Å². The first kappa shape index (κ1) is 11.0.